The second-order valence-electron chi connectivity index (χ2n) is 3.98. The Kier molecular flexibility index (Phi) is 4.08. The maximum absolute atomic E-state index is 11.2. The number of anilines is 1. The molecule has 9 heteroatoms. The molecule has 1 aromatic carbocycles. The lowest BCUT2D eigenvalue weighted by molar-refractivity contribution is -0.384. The van der Waals surface area contributed by atoms with Crippen molar-refractivity contribution in [1.29, 1.82) is 0 Å². The zero-order chi connectivity index (χ0) is 14.7. The minimum Gasteiger partial charge on any atom is -0.382 e. The Labute approximate surface area is 118 Å². The first-order valence-corrected chi connectivity index (χ1v) is 6.71. The highest BCUT2D eigenvalue weighted by Crippen LogP contribution is 2.31. The molecular formula is C11H13N5O3S. The number of para-hydroxylation sites is 1. The number of thioether (sulfide) groups is 1. The van der Waals surface area contributed by atoms with Gasteiger partial charge in [0.25, 0.3) is 5.69 Å². The summed E-state index contributed by atoms with van der Waals surface area (Å²) in [5.74, 6) is 0.468. The molecule has 2 rings (SSSR count). The van der Waals surface area contributed by atoms with Crippen molar-refractivity contribution >= 4 is 23.1 Å². The number of hydrogen-bond donors (Lipinski definition) is 2. The Hall–Kier alpha value is -2.29. The fourth-order valence-corrected chi connectivity index (χ4v) is 2.66. The average molecular weight is 295 g/mol. The van der Waals surface area contributed by atoms with Gasteiger partial charge in [0.15, 0.2) is 5.16 Å². The predicted molar refractivity (Wildman–Crippen MR) is 76.0 cm³/mol. The van der Waals surface area contributed by atoms with Crippen LogP contribution in [0.15, 0.2) is 28.2 Å². The molecule has 8 nitrogen and oxygen atoms in total. The van der Waals surface area contributed by atoms with Gasteiger partial charge >= 0.3 is 5.69 Å². The molecule has 2 N–H and O–H groups in total. The third-order valence-corrected chi connectivity index (χ3v) is 3.85. The number of aromatic nitrogens is 3. The number of aromatic amines is 1. The molecule has 1 heterocycles. The zero-order valence-electron chi connectivity index (χ0n) is 10.9. The maximum atomic E-state index is 11.2. The Morgan fingerprint density at radius 1 is 1.55 bits per heavy atom. The zero-order valence-corrected chi connectivity index (χ0v) is 11.7. The number of H-pyrrole nitrogens is 1. The Bertz CT molecular complexity index is 694. The van der Waals surface area contributed by atoms with E-state index in [0.717, 1.165) is 5.56 Å². The average Bonchev–Trinajstić information content (AvgIpc) is 2.76. The lowest BCUT2D eigenvalue weighted by Gasteiger charge is -2.08. The maximum Gasteiger partial charge on any atom is 0.343 e. The van der Waals surface area contributed by atoms with Crippen molar-refractivity contribution in [3.8, 4) is 0 Å². The molecular weight excluding hydrogens is 282 g/mol. The molecule has 0 saturated carbocycles. The molecule has 2 aromatic rings. The molecule has 0 bridgehead atoms. The number of nitrogens with one attached hydrogen (secondary N) is 2. The smallest absolute Gasteiger partial charge is 0.343 e. The highest BCUT2D eigenvalue weighted by atomic mass is 32.2. The summed E-state index contributed by atoms with van der Waals surface area (Å²) in [6, 6.07) is 4.89. The van der Waals surface area contributed by atoms with Crippen LogP contribution in [0, 0.1) is 10.1 Å². The molecule has 0 spiro atoms. The van der Waals surface area contributed by atoms with E-state index in [1.165, 1.54) is 22.4 Å². The number of nitro groups is 1. The highest BCUT2D eigenvalue weighted by Gasteiger charge is 2.16. The van der Waals surface area contributed by atoms with Crippen LogP contribution in [0.25, 0.3) is 0 Å². The summed E-state index contributed by atoms with van der Waals surface area (Å²) in [4.78, 5) is 21.8. The summed E-state index contributed by atoms with van der Waals surface area (Å²) < 4.78 is 1.39. The molecule has 0 aliphatic heterocycles. The summed E-state index contributed by atoms with van der Waals surface area (Å²) >= 11 is 1.33. The van der Waals surface area contributed by atoms with E-state index >= 15 is 0 Å². The van der Waals surface area contributed by atoms with Crippen molar-refractivity contribution in [3.05, 3.63) is 44.4 Å². The second-order valence-corrected chi connectivity index (χ2v) is 4.92. The van der Waals surface area contributed by atoms with Crippen LogP contribution in [0.1, 0.15) is 5.56 Å². The van der Waals surface area contributed by atoms with Crippen molar-refractivity contribution < 1.29 is 4.92 Å². The van der Waals surface area contributed by atoms with Crippen LogP contribution in [-0.4, -0.2) is 26.7 Å². The van der Waals surface area contributed by atoms with E-state index in [0.29, 0.717) is 16.6 Å². The number of rotatable bonds is 5. The monoisotopic (exact) mass is 295 g/mol. The molecule has 0 fully saturated rings. The van der Waals surface area contributed by atoms with Crippen LogP contribution in [0.3, 0.4) is 0 Å². The summed E-state index contributed by atoms with van der Waals surface area (Å²) in [5, 5.41) is 20.6. The van der Waals surface area contributed by atoms with E-state index < -0.39 is 4.92 Å². The SMILES string of the molecule is CNc1c(CSc2n[nH]c(=O)n2C)cccc1[N+](=O)[O-]. The van der Waals surface area contributed by atoms with Crippen LogP contribution in [0.4, 0.5) is 11.4 Å². The molecule has 0 unspecified atom stereocenters. The normalized spacial score (nSPS) is 10.5. The first-order chi connectivity index (χ1) is 9.54. The van der Waals surface area contributed by atoms with Crippen LogP contribution in [0.2, 0.25) is 0 Å². The minimum absolute atomic E-state index is 0.0292. The molecule has 106 valence electrons. The van der Waals surface area contributed by atoms with E-state index in [1.807, 2.05) is 0 Å². The second kappa shape index (κ2) is 5.78. The van der Waals surface area contributed by atoms with E-state index in [-0.39, 0.29) is 11.4 Å². The van der Waals surface area contributed by atoms with Gasteiger partial charge in [-0.25, -0.2) is 9.89 Å². The number of nitrogens with zero attached hydrogens (tertiary/aromatic N) is 3. The van der Waals surface area contributed by atoms with Gasteiger partial charge in [-0.1, -0.05) is 23.9 Å². The number of hydrogen-bond acceptors (Lipinski definition) is 6. The standard InChI is InChI=1S/C11H13N5O3S/c1-12-9-7(4-3-5-8(9)16(18)19)6-20-11-14-13-10(17)15(11)2/h3-5,12H,6H2,1-2H3,(H,13,17). The number of benzene rings is 1. The molecule has 20 heavy (non-hydrogen) atoms. The quantitative estimate of drug-likeness (QED) is 0.490. The fraction of sp³-hybridized carbons (Fsp3) is 0.273. The van der Waals surface area contributed by atoms with E-state index in [9.17, 15) is 14.9 Å². The van der Waals surface area contributed by atoms with Crippen molar-refractivity contribution in [2.75, 3.05) is 12.4 Å². The largest absolute Gasteiger partial charge is 0.382 e. The summed E-state index contributed by atoms with van der Waals surface area (Å²) in [6.45, 7) is 0. The minimum atomic E-state index is -0.426. The molecule has 0 aliphatic carbocycles. The molecule has 0 radical (unpaired) electrons. The van der Waals surface area contributed by atoms with E-state index in [2.05, 4.69) is 15.5 Å². The summed E-state index contributed by atoms with van der Waals surface area (Å²) in [6.07, 6.45) is 0. The topological polar surface area (TPSA) is 106 Å². The van der Waals surface area contributed by atoms with Crippen LogP contribution >= 0.6 is 11.8 Å². The third kappa shape index (κ3) is 2.67. The lowest BCUT2D eigenvalue weighted by atomic mass is 10.1. The first kappa shape index (κ1) is 14.1. The Morgan fingerprint density at radius 3 is 2.85 bits per heavy atom. The predicted octanol–water partition coefficient (Wildman–Crippen LogP) is 1.35. The van der Waals surface area contributed by atoms with Gasteiger partial charge in [-0.3, -0.25) is 14.7 Å². The van der Waals surface area contributed by atoms with Gasteiger partial charge in [0.05, 0.1) is 4.92 Å². The van der Waals surface area contributed by atoms with Gasteiger partial charge in [-0.15, -0.1) is 5.10 Å². The van der Waals surface area contributed by atoms with Gasteiger partial charge in [-0.2, -0.15) is 0 Å². The van der Waals surface area contributed by atoms with Crippen molar-refractivity contribution in [1.82, 2.24) is 14.8 Å². The lowest BCUT2D eigenvalue weighted by Crippen LogP contribution is -2.12. The summed E-state index contributed by atoms with van der Waals surface area (Å²) in [7, 11) is 3.25. The van der Waals surface area contributed by atoms with Crippen molar-refractivity contribution in [2.24, 2.45) is 7.05 Å². The molecule has 0 amide bonds. The molecule has 0 aliphatic rings. The van der Waals surface area contributed by atoms with Crippen LogP contribution in [0.5, 0.6) is 0 Å². The van der Waals surface area contributed by atoms with E-state index in [4.69, 9.17) is 0 Å². The molecule has 1 aromatic heterocycles. The van der Waals surface area contributed by atoms with Gasteiger partial charge < -0.3 is 5.32 Å². The van der Waals surface area contributed by atoms with Crippen molar-refractivity contribution in [3.63, 3.8) is 0 Å². The van der Waals surface area contributed by atoms with Gasteiger partial charge in [0.1, 0.15) is 5.69 Å². The Morgan fingerprint density at radius 2 is 2.30 bits per heavy atom. The van der Waals surface area contributed by atoms with Crippen LogP contribution in [-0.2, 0) is 12.8 Å². The molecule has 0 atom stereocenters. The van der Waals surface area contributed by atoms with Crippen LogP contribution < -0.4 is 11.0 Å². The molecule has 0 saturated heterocycles. The fourth-order valence-electron chi connectivity index (χ4n) is 1.75. The Balaban J connectivity index is 2.25. The van der Waals surface area contributed by atoms with Gasteiger partial charge in [0, 0.05) is 25.9 Å². The van der Waals surface area contributed by atoms with Crippen molar-refractivity contribution in [2.45, 2.75) is 10.9 Å². The highest BCUT2D eigenvalue weighted by molar-refractivity contribution is 7.98. The van der Waals surface area contributed by atoms with E-state index in [1.54, 1.807) is 26.2 Å². The van der Waals surface area contributed by atoms with Gasteiger partial charge in [-0.05, 0) is 5.56 Å². The number of nitro benzene ring substituents is 1. The summed E-state index contributed by atoms with van der Waals surface area (Å²) in [5.41, 5.74) is 0.995. The first-order valence-electron chi connectivity index (χ1n) is 5.72. The third-order valence-electron chi connectivity index (χ3n) is 2.77. The van der Waals surface area contributed by atoms with Gasteiger partial charge in [0.2, 0.25) is 0 Å².